The lowest BCUT2D eigenvalue weighted by atomic mass is 10.1. The van der Waals surface area contributed by atoms with Crippen LogP contribution >= 0.6 is 0 Å². The van der Waals surface area contributed by atoms with Gasteiger partial charge in [-0.2, -0.15) is 0 Å². The molecule has 0 N–H and O–H groups in total. The second-order valence-electron chi connectivity index (χ2n) is 7.17. The minimum absolute atomic E-state index is 0.0440. The van der Waals surface area contributed by atoms with Gasteiger partial charge < -0.3 is 23.7 Å². The summed E-state index contributed by atoms with van der Waals surface area (Å²) < 4.78 is 18.5. The van der Waals surface area contributed by atoms with Crippen molar-refractivity contribution in [2.45, 2.75) is 6.92 Å². The molecule has 6 heteroatoms. The Bertz CT molecular complexity index is 1050. The second kappa shape index (κ2) is 7.29. The van der Waals surface area contributed by atoms with Crippen LogP contribution in [0.2, 0.25) is 0 Å². The SMILES string of the molecule is Cc1c(C(=O)N2CCOCC2)cc(-c2ccccc2)n1-c1ccc2c(c1)OCO2. The maximum Gasteiger partial charge on any atom is 0.255 e. The minimum Gasteiger partial charge on any atom is -0.454 e. The lowest BCUT2D eigenvalue weighted by molar-refractivity contribution is 0.0302. The Balaban J connectivity index is 1.64. The predicted octanol–water partition coefficient (Wildman–Crippen LogP) is 3.65. The summed E-state index contributed by atoms with van der Waals surface area (Å²) in [4.78, 5) is 15.1. The van der Waals surface area contributed by atoms with Crippen LogP contribution in [-0.4, -0.2) is 48.5 Å². The highest BCUT2D eigenvalue weighted by molar-refractivity contribution is 5.97. The lowest BCUT2D eigenvalue weighted by Gasteiger charge is -2.26. The van der Waals surface area contributed by atoms with Gasteiger partial charge in [-0.1, -0.05) is 30.3 Å². The zero-order valence-electron chi connectivity index (χ0n) is 16.3. The summed E-state index contributed by atoms with van der Waals surface area (Å²) >= 11 is 0. The molecule has 29 heavy (non-hydrogen) atoms. The van der Waals surface area contributed by atoms with Crippen LogP contribution in [0.25, 0.3) is 16.9 Å². The molecule has 5 rings (SSSR count). The summed E-state index contributed by atoms with van der Waals surface area (Å²) in [6.07, 6.45) is 0. The average Bonchev–Trinajstić information content (AvgIpc) is 3.38. The first-order valence-corrected chi connectivity index (χ1v) is 9.77. The van der Waals surface area contributed by atoms with E-state index in [9.17, 15) is 4.79 Å². The fraction of sp³-hybridized carbons (Fsp3) is 0.261. The summed E-state index contributed by atoms with van der Waals surface area (Å²) in [5, 5.41) is 0. The lowest BCUT2D eigenvalue weighted by Crippen LogP contribution is -2.40. The van der Waals surface area contributed by atoms with Gasteiger partial charge in [0.2, 0.25) is 6.79 Å². The van der Waals surface area contributed by atoms with Crippen LogP contribution in [-0.2, 0) is 4.74 Å². The molecule has 0 atom stereocenters. The molecule has 1 aromatic heterocycles. The molecule has 3 aromatic rings. The number of benzene rings is 2. The van der Waals surface area contributed by atoms with E-state index in [4.69, 9.17) is 14.2 Å². The third-order valence-corrected chi connectivity index (χ3v) is 5.46. The first-order chi connectivity index (χ1) is 14.2. The van der Waals surface area contributed by atoms with E-state index in [0.29, 0.717) is 31.9 Å². The van der Waals surface area contributed by atoms with Crippen LogP contribution in [0.1, 0.15) is 16.1 Å². The van der Waals surface area contributed by atoms with Gasteiger partial charge in [-0.25, -0.2) is 0 Å². The van der Waals surface area contributed by atoms with E-state index in [2.05, 4.69) is 16.7 Å². The Morgan fingerprint density at radius 1 is 0.931 bits per heavy atom. The molecule has 1 saturated heterocycles. The van der Waals surface area contributed by atoms with Crippen molar-refractivity contribution in [1.82, 2.24) is 9.47 Å². The molecular weight excluding hydrogens is 368 g/mol. The van der Waals surface area contributed by atoms with Crippen molar-refractivity contribution in [2.24, 2.45) is 0 Å². The number of morpholine rings is 1. The van der Waals surface area contributed by atoms with Gasteiger partial charge in [-0.05, 0) is 30.7 Å². The van der Waals surface area contributed by atoms with Crippen LogP contribution in [0.5, 0.6) is 11.5 Å². The monoisotopic (exact) mass is 390 g/mol. The standard InChI is InChI=1S/C23H22N2O4/c1-16-19(23(26)24-9-11-27-12-10-24)14-20(17-5-3-2-4-6-17)25(16)18-7-8-21-22(13-18)29-15-28-21/h2-8,13-14H,9-12,15H2,1H3. The van der Waals surface area contributed by atoms with E-state index in [1.165, 1.54) is 0 Å². The topological polar surface area (TPSA) is 52.9 Å². The van der Waals surface area contributed by atoms with Gasteiger partial charge in [0.25, 0.3) is 5.91 Å². The summed E-state index contributed by atoms with van der Waals surface area (Å²) in [5.74, 6) is 1.50. The third kappa shape index (κ3) is 3.15. The third-order valence-electron chi connectivity index (χ3n) is 5.46. The molecule has 1 amide bonds. The quantitative estimate of drug-likeness (QED) is 0.685. The summed E-state index contributed by atoms with van der Waals surface area (Å²) in [5.41, 5.74) is 4.57. The largest absolute Gasteiger partial charge is 0.454 e. The number of hydrogen-bond donors (Lipinski definition) is 0. The summed E-state index contributed by atoms with van der Waals surface area (Å²) in [7, 11) is 0. The van der Waals surface area contributed by atoms with E-state index in [1.807, 2.05) is 54.3 Å². The highest BCUT2D eigenvalue weighted by Crippen LogP contribution is 2.37. The van der Waals surface area contributed by atoms with Crippen LogP contribution in [0.15, 0.2) is 54.6 Å². The van der Waals surface area contributed by atoms with Gasteiger partial charge in [0.05, 0.1) is 24.5 Å². The minimum atomic E-state index is 0.0440. The number of carbonyl (C=O) groups is 1. The number of fused-ring (bicyclic) bond motifs is 1. The summed E-state index contributed by atoms with van der Waals surface area (Å²) in [6, 6.07) is 18.0. The number of aromatic nitrogens is 1. The second-order valence-corrected chi connectivity index (χ2v) is 7.17. The number of amides is 1. The van der Waals surface area contributed by atoms with Crippen molar-refractivity contribution < 1.29 is 19.0 Å². The molecule has 0 aliphatic carbocycles. The van der Waals surface area contributed by atoms with E-state index in [0.717, 1.165) is 34.1 Å². The van der Waals surface area contributed by atoms with Crippen molar-refractivity contribution in [2.75, 3.05) is 33.1 Å². The van der Waals surface area contributed by atoms with Crippen molar-refractivity contribution in [3.8, 4) is 28.4 Å². The van der Waals surface area contributed by atoms with Gasteiger partial charge >= 0.3 is 0 Å². The molecule has 3 heterocycles. The number of carbonyl (C=O) groups excluding carboxylic acids is 1. The number of hydrogen-bond acceptors (Lipinski definition) is 4. The molecule has 0 bridgehead atoms. The Labute approximate surface area is 169 Å². The highest BCUT2D eigenvalue weighted by Gasteiger charge is 2.25. The maximum atomic E-state index is 13.2. The molecule has 2 aliphatic rings. The molecule has 1 fully saturated rings. The van der Waals surface area contributed by atoms with Gasteiger partial charge in [0.15, 0.2) is 11.5 Å². The number of rotatable bonds is 3. The van der Waals surface area contributed by atoms with E-state index in [1.54, 1.807) is 0 Å². The van der Waals surface area contributed by atoms with Gasteiger partial charge in [0, 0.05) is 30.5 Å². The molecular formula is C23H22N2O4. The van der Waals surface area contributed by atoms with Gasteiger partial charge in [-0.3, -0.25) is 4.79 Å². The van der Waals surface area contributed by atoms with Crippen molar-refractivity contribution >= 4 is 5.91 Å². The smallest absolute Gasteiger partial charge is 0.255 e. The van der Waals surface area contributed by atoms with Crippen LogP contribution in [0.4, 0.5) is 0 Å². The fourth-order valence-corrected chi connectivity index (χ4v) is 3.94. The van der Waals surface area contributed by atoms with Gasteiger partial charge in [-0.15, -0.1) is 0 Å². The van der Waals surface area contributed by atoms with Crippen LogP contribution in [0, 0.1) is 6.92 Å². The van der Waals surface area contributed by atoms with Crippen LogP contribution in [0.3, 0.4) is 0 Å². The average molecular weight is 390 g/mol. The zero-order valence-corrected chi connectivity index (χ0v) is 16.3. The Kier molecular flexibility index (Phi) is 4.48. The van der Waals surface area contributed by atoms with E-state index in [-0.39, 0.29) is 12.7 Å². The predicted molar refractivity (Wildman–Crippen MR) is 109 cm³/mol. The molecule has 2 aliphatic heterocycles. The van der Waals surface area contributed by atoms with Crippen molar-refractivity contribution in [3.63, 3.8) is 0 Å². The Morgan fingerprint density at radius 3 is 2.48 bits per heavy atom. The zero-order chi connectivity index (χ0) is 19.8. The summed E-state index contributed by atoms with van der Waals surface area (Å²) in [6.45, 7) is 4.63. The molecule has 0 unspecified atom stereocenters. The molecule has 0 spiro atoms. The molecule has 2 aromatic carbocycles. The molecule has 6 nitrogen and oxygen atoms in total. The highest BCUT2D eigenvalue weighted by atomic mass is 16.7. The van der Waals surface area contributed by atoms with E-state index < -0.39 is 0 Å². The molecule has 148 valence electrons. The fourth-order valence-electron chi connectivity index (χ4n) is 3.94. The molecule has 0 radical (unpaired) electrons. The number of nitrogens with zero attached hydrogens (tertiary/aromatic N) is 2. The van der Waals surface area contributed by atoms with Gasteiger partial charge in [0.1, 0.15) is 0 Å². The first-order valence-electron chi connectivity index (χ1n) is 9.77. The first kappa shape index (κ1) is 17.8. The molecule has 0 saturated carbocycles. The van der Waals surface area contributed by atoms with E-state index >= 15 is 0 Å². The Morgan fingerprint density at radius 2 is 1.69 bits per heavy atom. The van der Waals surface area contributed by atoms with Crippen molar-refractivity contribution in [3.05, 3.63) is 65.9 Å². The maximum absolute atomic E-state index is 13.2. The Hall–Kier alpha value is -3.25. The number of ether oxygens (including phenoxy) is 3. The van der Waals surface area contributed by atoms with Crippen LogP contribution < -0.4 is 9.47 Å². The van der Waals surface area contributed by atoms with Crippen molar-refractivity contribution in [1.29, 1.82) is 0 Å². The normalized spacial score (nSPS) is 15.6.